The molecule has 2 rings (SSSR count). The van der Waals surface area contributed by atoms with E-state index in [1.165, 1.54) is 0 Å². The number of amides is 1. The Hall–Kier alpha value is -1.30. The molecule has 108 valence electrons. The second-order valence-corrected chi connectivity index (χ2v) is 5.46. The van der Waals surface area contributed by atoms with Crippen LogP contribution < -0.4 is 16.0 Å². The number of hydrogen-bond donors (Lipinski definition) is 4. The third kappa shape index (κ3) is 4.09. The molecule has 6 nitrogen and oxygen atoms in total. The lowest BCUT2D eigenvalue weighted by Gasteiger charge is -2.35. The minimum Gasteiger partial charge on any atom is -0.388 e. The molecule has 4 N–H and O–H groups in total. The van der Waals surface area contributed by atoms with Crippen LogP contribution in [0.2, 0.25) is 0 Å². The van der Waals surface area contributed by atoms with Crippen LogP contribution in [0.4, 0.5) is 0 Å². The lowest BCUT2D eigenvalue weighted by atomic mass is 9.80. The molecule has 2 aliphatic rings. The largest absolute Gasteiger partial charge is 0.388 e. The zero-order valence-corrected chi connectivity index (χ0v) is 11.5. The monoisotopic (exact) mass is 268 g/mol. The Labute approximate surface area is 114 Å². The van der Waals surface area contributed by atoms with E-state index in [1.807, 2.05) is 6.92 Å². The number of aliphatic hydroxyl groups is 1. The smallest absolute Gasteiger partial charge is 0.220 e. The fourth-order valence-electron chi connectivity index (χ4n) is 2.34. The average Bonchev–Trinajstić information content (AvgIpc) is 2.37. The second-order valence-electron chi connectivity index (χ2n) is 5.46. The fraction of sp³-hybridized carbons (Fsp3) is 0.846. The van der Waals surface area contributed by atoms with Gasteiger partial charge in [0.15, 0.2) is 5.96 Å². The summed E-state index contributed by atoms with van der Waals surface area (Å²) >= 11 is 0. The zero-order chi connectivity index (χ0) is 13.7. The molecule has 1 aliphatic heterocycles. The first kappa shape index (κ1) is 14.1. The van der Waals surface area contributed by atoms with E-state index in [4.69, 9.17) is 0 Å². The first-order chi connectivity index (χ1) is 9.11. The van der Waals surface area contributed by atoms with Gasteiger partial charge in [-0.2, -0.15) is 0 Å². The maximum Gasteiger partial charge on any atom is 0.220 e. The predicted octanol–water partition coefficient (Wildman–Crippen LogP) is -0.265. The lowest BCUT2D eigenvalue weighted by molar-refractivity contribution is -0.122. The third-order valence-electron chi connectivity index (χ3n) is 3.77. The zero-order valence-electron chi connectivity index (χ0n) is 11.5. The summed E-state index contributed by atoms with van der Waals surface area (Å²) in [5.74, 6) is 0.841. The molecule has 0 aromatic rings. The first-order valence-corrected chi connectivity index (χ1v) is 7.15. The molecule has 1 aliphatic carbocycles. The molecule has 0 radical (unpaired) electrons. The molecular weight excluding hydrogens is 244 g/mol. The van der Waals surface area contributed by atoms with Crippen LogP contribution in [0.25, 0.3) is 0 Å². The van der Waals surface area contributed by atoms with E-state index >= 15 is 0 Å². The van der Waals surface area contributed by atoms with Gasteiger partial charge in [0.1, 0.15) is 0 Å². The summed E-state index contributed by atoms with van der Waals surface area (Å²) in [6, 6.07) is 0.214. The Morgan fingerprint density at radius 3 is 2.89 bits per heavy atom. The molecule has 0 spiro atoms. The van der Waals surface area contributed by atoms with Crippen LogP contribution in [-0.2, 0) is 4.79 Å². The number of carbonyl (C=O) groups is 1. The highest BCUT2D eigenvalue weighted by Gasteiger charge is 2.34. The summed E-state index contributed by atoms with van der Waals surface area (Å²) in [4.78, 5) is 15.6. The van der Waals surface area contributed by atoms with Crippen molar-refractivity contribution in [2.45, 2.75) is 50.7 Å². The van der Waals surface area contributed by atoms with Crippen LogP contribution in [0.3, 0.4) is 0 Å². The van der Waals surface area contributed by atoms with Crippen LogP contribution in [0.1, 0.15) is 39.0 Å². The molecule has 0 aromatic carbocycles. The van der Waals surface area contributed by atoms with Crippen molar-refractivity contribution >= 4 is 11.9 Å². The highest BCUT2D eigenvalue weighted by Crippen LogP contribution is 2.31. The van der Waals surface area contributed by atoms with Crippen molar-refractivity contribution in [3.63, 3.8) is 0 Å². The summed E-state index contributed by atoms with van der Waals surface area (Å²) in [5, 5.41) is 19.4. The van der Waals surface area contributed by atoms with Crippen molar-refractivity contribution < 1.29 is 9.90 Å². The molecule has 1 heterocycles. The van der Waals surface area contributed by atoms with Gasteiger partial charge in [-0.3, -0.25) is 9.79 Å². The number of aliphatic imine (C=N–C) groups is 1. The molecule has 1 amide bonds. The van der Waals surface area contributed by atoms with E-state index in [1.54, 1.807) is 0 Å². The Morgan fingerprint density at radius 2 is 2.37 bits per heavy atom. The van der Waals surface area contributed by atoms with E-state index in [0.29, 0.717) is 19.5 Å². The van der Waals surface area contributed by atoms with E-state index in [2.05, 4.69) is 20.9 Å². The summed E-state index contributed by atoms with van der Waals surface area (Å²) in [7, 11) is 0. The molecule has 6 heteroatoms. The molecule has 0 aromatic heterocycles. The average molecular weight is 268 g/mol. The molecule has 1 unspecified atom stereocenters. The Morgan fingerprint density at radius 1 is 1.58 bits per heavy atom. The number of nitrogens with one attached hydrogen (secondary N) is 3. The molecule has 1 saturated carbocycles. The van der Waals surface area contributed by atoms with Gasteiger partial charge in [-0.05, 0) is 32.6 Å². The molecular formula is C13H24N4O2. The highest BCUT2D eigenvalue weighted by molar-refractivity contribution is 5.81. The van der Waals surface area contributed by atoms with E-state index in [9.17, 15) is 9.90 Å². The number of hydrogen-bond acceptors (Lipinski definition) is 3. The van der Waals surface area contributed by atoms with Crippen LogP contribution in [0.15, 0.2) is 4.99 Å². The Kier molecular flexibility index (Phi) is 4.63. The predicted molar refractivity (Wildman–Crippen MR) is 73.9 cm³/mol. The van der Waals surface area contributed by atoms with Gasteiger partial charge in [0.25, 0.3) is 0 Å². The maximum absolute atomic E-state index is 11.1. The van der Waals surface area contributed by atoms with Gasteiger partial charge in [0.2, 0.25) is 5.91 Å². The first-order valence-electron chi connectivity index (χ1n) is 7.15. The third-order valence-corrected chi connectivity index (χ3v) is 3.77. The van der Waals surface area contributed by atoms with Crippen molar-refractivity contribution in [2.24, 2.45) is 4.99 Å². The molecule has 2 fully saturated rings. The van der Waals surface area contributed by atoms with Gasteiger partial charge in [0, 0.05) is 25.6 Å². The van der Waals surface area contributed by atoms with Crippen LogP contribution >= 0.6 is 0 Å². The number of carbonyl (C=O) groups excluding carboxylic acids is 1. The van der Waals surface area contributed by atoms with Crippen LogP contribution in [-0.4, -0.2) is 48.3 Å². The van der Waals surface area contributed by atoms with Gasteiger partial charge in [-0.1, -0.05) is 0 Å². The fourth-order valence-corrected chi connectivity index (χ4v) is 2.34. The number of piperidine rings is 1. The van der Waals surface area contributed by atoms with Gasteiger partial charge in [-0.25, -0.2) is 0 Å². The standard InChI is InChI=1S/C13H24N4O2/c1-2-14-12(16-9-13(19)6-3-7-13)17-10-4-5-11(18)15-8-10/h10,19H,2-9H2,1H3,(H,15,18)(H2,14,16,17). The minimum atomic E-state index is -0.594. The minimum absolute atomic E-state index is 0.115. The number of guanidine groups is 1. The van der Waals surface area contributed by atoms with Crippen LogP contribution in [0.5, 0.6) is 0 Å². The summed E-state index contributed by atoms with van der Waals surface area (Å²) in [6.45, 7) is 3.87. The topological polar surface area (TPSA) is 85.8 Å². The summed E-state index contributed by atoms with van der Waals surface area (Å²) in [6.07, 6.45) is 4.15. The van der Waals surface area contributed by atoms with Crippen molar-refractivity contribution in [3.05, 3.63) is 0 Å². The second kappa shape index (κ2) is 6.23. The maximum atomic E-state index is 11.1. The summed E-state index contributed by atoms with van der Waals surface area (Å²) < 4.78 is 0. The summed E-state index contributed by atoms with van der Waals surface area (Å²) in [5.41, 5.74) is -0.594. The van der Waals surface area contributed by atoms with Crippen molar-refractivity contribution in [1.29, 1.82) is 0 Å². The normalized spacial score (nSPS) is 26.3. The van der Waals surface area contributed by atoms with Crippen molar-refractivity contribution in [2.75, 3.05) is 19.6 Å². The quantitative estimate of drug-likeness (QED) is 0.418. The number of nitrogens with zero attached hydrogens (tertiary/aromatic N) is 1. The SMILES string of the molecule is CCNC(=NCC1(O)CCC1)NC1CCC(=O)NC1. The van der Waals surface area contributed by atoms with E-state index in [-0.39, 0.29) is 11.9 Å². The van der Waals surface area contributed by atoms with Crippen molar-refractivity contribution in [3.8, 4) is 0 Å². The molecule has 19 heavy (non-hydrogen) atoms. The van der Waals surface area contributed by atoms with Gasteiger partial charge < -0.3 is 21.1 Å². The molecule has 1 atom stereocenters. The van der Waals surface area contributed by atoms with E-state index < -0.39 is 5.60 Å². The van der Waals surface area contributed by atoms with Crippen molar-refractivity contribution in [1.82, 2.24) is 16.0 Å². The van der Waals surface area contributed by atoms with Gasteiger partial charge in [0.05, 0.1) is 12.1 Å². The van der Waals surface area contributed by atoms with Gasteiger partial charge in [-0.15, -0.1) is 0 Å². The molecule has 0 bridgehead atoms. The molecule has 1 saturated heterocycles. The Bertz CT molecular complexity index is 343. The lowest BCUT2D eigenvalue weighted by Crippen LogP contribution is -2.52. The van der Waals surface area contributed by atoms with Gasteiger partial charge >= 0.3 is 0 Å². The van der Waals surface area contributed by atoms with E-state index in [0.717, 1.165) is 38.2 Å². The Balaban J connectivity index is 1.84. The highest BCUT2D eigenvalue weighted by atomic mass is 16.3. The van der Waals surface area contributed by atoms with Crippen LogP contribution in [0, 0.1) is 0 Å². The number of rotatable bonds is 4.